The van der Waals surface area contributed by atoms with Gasteiger partial charge in [-0.3, -0.25) is 0 Å². The second-order valence-corrected chi connectivity index (χ2v) is 5.35. The Kier molecular flexibility index (Phi) is 4.11. The number of nitrogens with one attached hydrogen (secondary N) is 1. The lowest BCUT2D eigenvalue weighted by atomic mass is 9.95. The molecular formula is C11H17BrN2O. The number of aliphatic hydroxyl groups is 1. The van der Waals surface area contributed by atoms with E-state index < -0.39 is 0 Å². The van der Waals surface area contributed by atoms with Crippen LogP contribution in [0.3, 0.4) is 0 Å². The van der Waals surface area contributed by atoms with Crippen molar-refractivity contribution in [3.8, 4) is 0 Å². The van der Waals surface area contributed by atoms with Crippen LogP contribution in [0, 0.1) is 12.3 Å². The topological polar surface area (TPSA) is 45.1 Å². The third-order valence-corrected chi connectivity index (χ3v) is 3.05. The zero-order valence-electron chi connectivity index (χ0n) is 9.34. The Morgan fingerprint density at radius 1 is 1.53 bits per heavy atom. The first-order chi connectivity index (χ1) is 6.94. The second-order valence-electron chi connectivity index (χ2n) is 4.49. The van der Waals surface area contributed by atoms with E-state index in [-0.39, 0.29) is 12.0 Å². The van der Waals surface area contributed by atoms with Crippen molar-refractivity contribution in [3.63, 3.8) is 0 Å². The average molecular weight is 273 g/mol. The standard InChI is InChI=1S/C11H17BrN2O/c1-8-4-10(13-5-9(8)12)14-6-11(2,3)7-15/h4-5,15H,6-7H2,1-3H3,(H,13,14). The van der Waals surface area contributed by atoms with Crippen LogP contribution in [0.5, 0.6) is 0 Å². The highest BCUT2D eigenvalue weighted by atomic mass is 79.9. The van der Waals surface area contributed by atoms with E-state index in [0.717, 1.165) is 15.9 Å². The molecule has 0 aliphatic carbocycles. The Morgan fingerprint density at radius 2 is 2.20 bits per heavy atom. The van der Waals surface area contributed by atoms with E-state index in [0.29, 0.717) is 6.54 Å². The average Bonchev–Trinajstić information content (AvgIpc) is 2.20. The van der Waals surface area contributed by atoms with Crippen LogP contribution in [-0.4, -0.2) is 23.2 Å². The van der Waals surface area contributed by atoms with Crippen LogP contribution < -0.4 is 5.32 Å². The molecule has 1 heterocycles. The lowest BCUT2D eigenvalue weighted by molar-refractivity contribution is 0.170. The third kappa shape index (κ3) is 3.80. The molecule has 0 bridgehead atoms. The first-order valence-electron chi connectivity index (χ1n) is 4.91. The minimum absolute atomic E-state index is 0.122. The molecule has 4 heteroatoms. The molecule has 0 radical (unpaired) electrons. The van der Waals surface area contributed by atoms with Crippen molar-refractivity contribution in [1.29, 1.82) is 0 Å². The molecule has 0 saturated carbocycles. The molecular weight excluding hydrogens is 256 g/mol. The van der Waals surface area contributed by atoms with Crippen LogP contribution in [0.4, 0.5) is 5.82 Å². The monoisotopic (exact) mass is 272 g/mol. The van der Waals surface area contributed by atoms with E-state index >= 15 is 0 Å². The van der Waals surface area contributed by atoms with Gasteiger partial charge < -0.3 is 10.4 Å². The number of halogens is 1. The van der Waals surface area contributed by atoms with Gasteiger partial charge in [0.15, 0.2) is 0 Å². The molecule has 0 aliphatic rings. The van der Waals surface area contributed by atoms with E-state index in [4.69, 9.17) is 5.11 Å². The highest BCUT2D eigenvalue weighted by Crippen LogP contribution is 2.19. The summed E-state index contributed by atoms with van der Waals surface area (Å²) in [5.41, 5.74) is 1.03. The van der Waals surface area contributed by atoms with Crippen LogP contribution in [0.1, 0.15) is 19.4 Å². The van der Waals surface area contributed by atoms with Crippen LogP contribution in [-0.2, 0) is 0 Å². The van der Waals surface area contributed by atoms with Crippen LogP contribution in [0.15, 0.2) is 16.7 Å². The van der Waals surface area contributed by atoms with Gasteiger partial charge in [-0.05, 0) is 34.5 Å². The first-order valence-corrected chi connectivity index (χ1v) is 5.71. The van der Waals surface area contributed by atoms with Gasteiger partial charge in [-0.1, -0.05) is 13.8 Å². The molecule has 0 aliphatic heterocycles. The van der Waals surface area contributed by atoms with Crippen LogP contribution in [0.25, 0.3) is 0 Å². The van der Waals surface area contributed by atoms with Gasteiger partial charge >= 0.3 is 0 Å². The molecule has 0 unspecified atom stereocenters. The summed E-state index contributed by atoms with van der Waals surface area (Å²) in [4.78, 5) is 4.24. The van der Waals surface area contributed by atoms with Gasteiger partial charge in [0, 0.05) is 29.2 Å². The van der Waals surface area contributed by atoms with E-state index in [1.807, 2.05) is 26.8 Å². The molecule has 0 amide bonds. The van der Waals surface area contributed by atoms with Crippen molar-refractivity contribution in [2.45, 2.75) is 20.8 Å². The molecule has 1 rings (SSSR count). The Labute approximate surface area is 99.1 Å². The molecule has 0 spiro atoms. The summed E-state index contributed by atoms with van der Waals surface area (Å²) in [5.74, 6) is 0.845. The maximum absolute atomic E-state index is 9.10. The van der Waals surface area contributed by atoms with Crippen molar-refractivity contribution >= 4 is 21.7 Å². The summed E-state index contributed by atoms with van der Waals surface area (Å²) in [6.45, 7) is 6.90. The largest absolute Gasteiger partial charge is 0.396 e. The number of hydrogen-bond donors (Lipinski definition) is 2. The maximum atomic E-state index is 9.10. The minimum atomic E-state index is -0.122. The first kappa shape index (κ1) is 12.5. The molecule has 2 N–H and O–H groups in total. The van der Waals surface area contributed by atoms with E-state index in [1.165, 1.54) is 0 Å². The molecule has 3 nitrogen and oxygen atoms in total. The highest BCUT2D eigenvalue weighted by Gasteiger charge is 2.16. The van der Waals surface area contributed by atoms with Gasteiger partial charge in [0.25, 0.3) is 0 Å². The molecule has 1 aromatic rings. The van der Waals surface area contributed by atoms with Gasteiger partial charge in [0.1, 0.15) is 5.82 Å². The molecule has 15 heavy (non-hydrogen) atoms. The third-order valence-electron chi connectivity index (χ3n) is 2.22. The van der Waals surface area contributed by atoms with Crippen molar-refractivity contribution in [3.05, 3.63) is 22.3 Å². The minimum Gasteiger partial charge on any atom is -0.396 e. The number of aryl methyl sites for hydroxylation is 1. The van der Waals surface area contributed by atoms with Crippen molar-refractivity contribution < 1.29 is 5.11 Å². The Morgan fingerprint density at radius 3 is 2.73 bits per heavy atom. The number of aliphatic hydroxyl groups excluding tert-OH is 1. The Balaban J connectivity index is 2.62. The quantitative estimate of drug-likeness (QED) is 0.886. The number of nitrogens with zero attached hydrogens (tertiary/aromatic N) is 1. The fourth-order valence-corrected chi connectivity index (χ4v) is 1.24. The van der Waals surface area contributed by atoms with E-state index in [1.54, 1.807) is 6.20 Å². The molecule has 0 aromatic carbocycles. The molecule has 0 saturated heterocycles. The smallest absolute Gasteiger partial charge is 0.126 e. The predicted octanol–water partition coefficient (Wildman–Crippen LogP) is 2.58. The van der Waals surface area contributed by atoms with Crippen molar-refractivity contribution in [2.24, 2.45) is 5.41 Å². The highest BCUT2D eigenvalue weighted by molar-refractivity contribution is 9.10. The summed E-state index contributed by atoms with van der Waals surface area (Å²) < 4.78 is 1.01. The zero-order chi connectivity index (χ0) is 11.5. The summed E-state index contributed by atoms with van der Waals surface area (Å²) in [7, 11) is 0. The normalized spacial score (nSPS) is 11.5. The van der Waals surface area contributed by atoms with E-state index in [2.05, 4.69) is 26.2 Å². The van der Waals surface area contributed by atoms with Gasteiger partial charge in [-0.25, -0.2) is 4.98 Å². The number of rotatable bonds is 4. The summed E-state index contributed by atoms with van der Waals surface area (Å²) in [6.07, 6.45) is 1.78. The SMILES string of the molecule is Cc1cc(NCC(C)(C)CO)ncc1Br. The lowest BCUT2D eigenvalue weighted by Crippen LogP contribution is -2.27. The van der Waals surface area contributed by atoms with Gasteiger partial charge in [0.05, 0.1) is 0 Å². The predicted molar refractivity (Wildman–Crippen MR) is 66.0 cm³/mol. The number of hydrogen-bond acceptors (Lipinski definition) is 3. The molecule has 84 valence electrons. The number of aromatic nitrogens is 1. The van der Waals surface area contributed by atoms with Crippen LogP contribution in [0.2, 0.25) is 0 Å². The maximum Gasteiger partial charge on any atom is 0.126 e. The number of pyridine rings is 1. The fourth-order valence-electron chi connectivity index (χ4n) is 1.02. The van der Waals surface area contributed by atoms with Crippen LogP contribution >= 0.6 is 15.9 Å². The molecule has 0 atom stereocenters. The van der Waals surface area contributed by atoms with Gasteiger partial charge in [0.2, 0.25) is 0 Å². The lowest BCUT2D eigenvalue weighted by Gasteiger charge is -2.22. The Hall–Kier alpha value is -0.610. The summed E-state index contributed by atoms with van der Waals surface area (Å²) in [5, 5.41) is 12.3. The van der Waals surface area contributed by atoms with Gasteiger partial charge in [-0.2, -0.15) is 0 Å². The number of anilines is 1. The van der Waals surface area contributed by atoms with Crippen molar-refractivity contribution in [2.75, 3.05) is 18.5 Å². The molecule has 0 fully saturated rings. The van der Waals surface area contributed by atoms with E-state index in [9.17, 15) is 0 Å². The Bertz CT molecular complexity index is 339. The fraction of sp³-hybridized carbons (Fsp3) is 0.545. The summed E-state index contributed by atoms with van der Waals surface area (Å²) in [6, 6.07) is 1.98. The second kappa shape index (κ2) is 4.94. The molecule has 1 aromatic heterocycles. The summed E-state index contributed by atoms with van der Waals surface area (Å²) >= 11 is 3.40. The van der Waals surface area contributed by atoms with Crippen molar-refractivity contribution in [1.82, 2.24) is 4.98 Å². The zero-order valence-corrected chi connectivity index (χ0v) is 10.9. The van der Waals surface area contributed by atoms with Gasteiger partial charge in [-0.15, -0.1) is 0 Å².